The van der Waals surface area contributed by atoms with Crippen LogP contribution in [0.5, 0.6) is 11.5 Å². The van der Waals surface area contributed by atoms with Gasteiger partial charge in [-0.05, 0) is 42.2 Å². The number of amides is 2. The molecule has 0 aromatic heterocycles. The fraction of sp³-hybridized carbons (Fsp3) is 0.462. The molecule has 7 heteroatoms. The number of rotatable bonds is 7. The number of morpholine rings is 1. The van der Waals surface area contributed by atoms with Gasteiger partial charge in [-0.25, -0.2) is 0 Å². The topological polar surface area (TPSA) is 68.3 Å². The molecule has 2 aromatic carbocycles. The number of carbonyl (C=O) groups is 2. The van der Waals surface area contributed by atoms with Crippen LogP contribution in [0.2, 0.25) is 0 Å². The van der Waals surface area contributed by atoms with Crippen molar-refractivity contribution in [2.75, 3.05) is 46.6 Å². The highest BCUT2D eigenvalue weighted by Crippen LogP contribution is 2.26. The summed E-state index contributed by atoms with van der Waals surface area (Å²) in [7, 11) is 1.64. The van der Waals surface area contributed by atoms with E-state index in [1.807, 2.05) is 46.2 Å². The lowest BCUT2D eigenvalue weighted by molar-refractivity contribution is -0.135. The van der Waals surface area contributed by atoms with Crippen LogP contribution < -0.4 is 9.47 Å². The fourth-order valence-corrected chi connectivity index (χ4v) is 4.24. The van der Waals surface area contributed by atoms with Gasteiger partial charge in [0.2, 0.25) is 11.8 Å². The molecule has 2 aromatic rings. The summed E-state index contributed by atoms with van der Waals surface area (Å²) in [6.45, 7) is 4.16. The molecule has 2 heterocycles. The minimum atomic E-state index is 0.121. The molecule has 0 spiro atoms. The van der Waals surface area contributed by atoms with Crippen LogP contribution in [0.25, 0.3) is 0 Å². The maximum atomic E-state index is 12.9. The van der Waals surface area contributed by atoms with Crippen LogP contribution in [0, 0.1) is 0 Å². The van der Waals surface area contributed by atoms with E-state index in [0.29, 0.717) is 71.7 Å². The molecule has 1 fully saturated rings. The quantitative estimate of drug-likeness (QED) is 0.646. The summed E-state index contributed by atoms with van der Waals surface area (Å²) in [5.74, 6) is 1.92. The van der Waals surface area contributed by atoms with Gasteiger partial charge in [-0.2, -0.15) is 0 Å². The Kier molecular flexibility index (Phi) is 7.83. The van der Waals surface area contributed by atoms with Crippen LogP contribution in [0.15, 0.2) is 42.5 Å². The van der Waals surface area contributed by atoms with E-state index in [2.05, 4.69) is 6.07 Å². The third-order valence-corrected chi connectivity index (χ3v) is 6.24. The molecule has 0 aliphatic carbocycles. The molecule has 0 unspecified atom stereocenters. The number of hydrogen-bond acceptors (Lipinski definition) is 5. The van der Waals surface area contributed by atoms with Gasteiger partial charge in [0.05, 0.1) is 26.9 Å². The molecule has 0 bridgehead atoms. The Hall–Kier alpha value is -3.06. The van der Waals surface area contributed by atoms with E-state index in [0.717, 1.165) is 28.2 Å². The Morgan fingerprint density at radius 2 is 1.48 bits per heavy atom. The predicted octanol–water partition coefficient (Wildman–Crippen LogP) is 2.84. The molecule has 4 rings (SSSR count). The number of carbonyl (C=O) groups excluding carboxylic acids is 2. The first-order valence-corrected chi connectivity index (χ1v) is 11.6. The molecule has 1 saturated heterocycles. The van der Waals surface area contributed by atoms with Gasteiger partial charge in [-0.15, -0.1) is 0 Å². The first kappa shape index (κ1) is 23.1. The molecular formula is C26H32N2O5. The SMILES string of the molecule is COc1ccc(CCC(=O)N2CCOc3ccc(CCC(=O)N4CCOCC4)cc3C2)cc1. The average Bonchev–Trinajstić information content (AvgIpc) is 3.09. The predicted molar refractivity (Wildman–Crippen MR) is 124 cm³/mol. The van der Waals surface area contributed by atoms with Crippen LogP contribution in [0.4, 0.5) is 0 Å². The van der Waals surface area contributed by atoms with Crippen molar-refractivity contribution in [2.45, 2.75) is 32.2 Å². The van der Waals surface area contributed by atoms with Gasteiger partial charge in [-0.3, -0.25) is 9.59 Å². The van der Waals surface area contributed by atoms with Gasteiger partial charge < -0.3 is 24.0 Å². The van der Waals surface area contributed by atoms with Gasteiger partial charge >= 0.3 is 0 Å². The van der Waals surface area contributed by atoms with Crippen LogP contribution in [-0.4, -0.2) is 68.2 Å². The lowest BCUT2D eigenvalue weighted by Crippen LogP contribution is -2.40. The zero-order valence-electron chi connectivity index (χ0n) is 19.3. The average molecular weight is 453 g/mol. The number of aryl methyl sites for hydroxylation is 2. The molecule has 2 aliphatic heterocycles. The van der Waals surface area contributed by atoms with E-state index < -0.39 is 0 Å². The number of hydrogen-bond donors (Lipinski definition) is 0. The van der Waals surface area contributed by atoms with Gasteiger partial charge in [0.25, 0.3) is 0 Å². The second-order valence-corrected chi connectivity index (χ2v) is 8.45. The Labute approximate surface area is 195 Å². The zero-order valence-corrected chi connectivity index (χ0v) is 19.3. The maximum Gasteiger partial charge on any atom is 0.223 e. The van der Waals surface area contributed by atoms with Crippen molar-refractivity contribution in [3.63, 3.8) is 0 Å². The number of nitrogens with zero attached hydrogens (tertiary/aromatic N) is 2. The summed E-state index contributed by atoms with van der Waals surface area (Å²) in [6, 6.07) is 13.9. The minimum Gasteiger partial charge on any atom is -0.497 e. The van der Waals surface area contributed by atoms with E-state index in [9.17, 15) is 9.59 Å². The Morgan fingerprint density at radius 3 is 2.21 bits per heavy atom. The van der Waals surface area contributed by atoms with Gasteiger partial charge in [0.1, 0.15) is 18.1 Å². The number of benzene rings is 2. The first-order valence-electron chi connectivity index (χ1n) is 11.6. The van der Waals surface area contributed by atoms with Crippen LogP contribution in [-0.2, 0) is 33.7 Å². The molecule has 7 nitrogen and oxygen atoms in total. The summed E-state index contributed by atoms with van der Waals surface area (Å²) in [5.41, 5.74) is 3.20. The zero-order chi connectivity index (χ0) is 23.0. The Morgan fingerprint density at radius 1 is 0.848 bits per heavy atom. The molecule has 176 valence electrons. The lowest BCUT2D eigenvalue weighted by atomic mass is 10.0. The third-order valence-electron chi connectivity index (χ3n) is 6.24. The highest BCUT2D eigenvalue weighted by Gasteiger charge is 2.21. The Balaban J connectivity index is 1.33. The third kappa shape index (κ3) is 6.26. The van der Waals surface area contributed by atoms with Crippen LogP contribution in [0.3, 0.4) is 0 Å². The summed E-state index contributed by atoms with van der Waals surface area (Å²) < 4.78 is 16.4. The molecule has 0 radical (unpaired) electrons. The van der Waals surface area contributed by atoms with Crippen molar-refractivity contribution in [1.29, 1.82) is 0 Å². The normalized spacial score (nSPS) is 15.9. The van der Waals surface area contributed by atoms with Crippen molar-refractivity contribution >= 4 is 11.8 Å². The van der Waals surface area contributed by atoms with Crippen molar-refractivity contribution in [3.05, 3.63) is 59.2 Å². The second kappa shape index (κ2) is 11.2. The van der Waals surface area contributed by atoms with E-state index in [1.54, 1.807) is 7.11 Å². The molecule has 0 saturated carbocycles. The standard InChI is InChI=1S/C26H32N2O5/c1-31-23-7-2-20(3-8-23)5-10-26(30)28-14-17-33-24-9-4-21(18-22(24)19-28)6-11-25(29)27-12-15-32-16-13-27/h2-4,7-9,18H,5-6,10-17,19H2,1H3. The summed E-state index contributed by atoms with van der Waals surface area (Å²) in [6.07, 6.45) is 2.30. The van der Waals surface area contributed by atoms with Crippen molar-refractivity contribution < 1.29 is 23.8 Å². The molecule has 2 aliphatic rings. The molecular weight excluding hydrogens is 420 g/mol. The van der Waals surface area contributed by atoms with Gasteiger partial charge in [0.15, 0.2) is 0 Å². The van der Waals surface area contributed by atoms with E-state index in [-0.39, 0.29) is 11.8 Å². The largest absolute Gasteiger partial charge is 0.497 e. The first-order chi connectivity index (χ1) is 16.1. The van der Waals surface area contributed by atoms with E-state index in [4.69, 9.17) is 14.2 Å². The monoisotopic (exact) mass is 452 g/mol. The number of methoxy groups -OCH3 is 1. The van der Waals surface area contributed by atoms with Crippen molar-refractivity contribution in [3.8, 4) is 11.5 Å². The van der Waals surface area contributed by atoms with Crippen molar-refractivity contribution in [2.24, 2.45) is 0 Å². The van der Waals surface area contributed by atoms with Gasteiger partial charge in [0, 0.05) is 38.0 Å². The smallest absolute Gasteiger partial charge is 0.223 e. The number of ether oxygens (including phenoxy) is 3. The summed E-state index contributed by atoms with van der Waals surface area (Å²) in [4.78, 5) is 29.1. The fourth-order valence-electron chi connectivity index (χ4n) is 4.24. The molecule has 0 atom stereocenters. The second-order valence-electron chi connectivity index (χ2n) is 8.45. The highest BCUT2D eigenvalue weighted by atomic mass is 16.5. The Bertz CT molecular complexity index is 954. The van der Waals surface area contributed by atoms with Gasteiger partial charge in [-0.1, -0.05) is 24.3 Å². The summed E-state index contributed by atoms with van der Waals surface area (Å²) >= 11 is 0. The molecule has 2 amide bonds. The molecule has 0 N–H and O–H groups in total. The number of fused-ring (bicyclic) bond motifs is 1. The van der Waals surface area contributed by atoms with Crippen molar-refractivity contribution in [1.82, 2.24) is 9.80 Å². The summed E-state index contributed by atoms with van der Waals surface area (Å²) in [5, 5.41) is 0. The maximum absolute atomic E-state index is 12.9. The lowest BCUT2D eigenvalue weighted by Gasteiger charge is -2.26. The highest BCUT2D eigenvalue weighted by molar-refractivity contribution is 5.77. The van der Waals surface area contributed by atoms with Crippen LogP contribution >= 0.6 is 0 Å². The van der Waals surface area contributed by atoms with E-state index >= 15 is 0 Å². The molecule has 33 heavy (non-hydrogen) atoms. The van der Waals surface area contributed by atoms with Crippen LogP contribution in [0.1, 0.15) is 29.5 Å². The van der Waals surface area contributed by atoms with E-state index in [1.165, 1.54) is 0 Å². The minimum absolute atomic E-state index is 0.121.